The minimum atomic E-state index is 0.391. The molecule has 1 atom stereocenters. The number of nitrogens with zero attached hydrogens (tertiary/aromatic N) is 2. The second-order valence-corrected chi connectivity index (χ2v) is 5.20. The monoisotopic (exact) mass is 269 g/mol. The van der Waals surface area contributed by atoms with Crippen LogP contribution in [0, 0.1) is 12.8 Å². The van der Waals surface area contributed by atoms with Crippen LogP contribution in [0.1, 0.15) is 31.4 Å². The Labute approximate surface area is 113 Å². The second-order valence-electron chi connectivity index (χ2n) is 4.82. The van der Waals surface area contributed by atoms with E-state index in [9.17, 15) is 0 Å². The van der Waals surface area contributed by atoms with Crippen molar-refractivity contribution in [3.05, 3.63) is 16.9 Å². The molecule has 2 heterocycles. The number of halogens is 1. The predicted molar refractivity (Wildman–Crippen MR) is 72.1 cm³/mol. The zero-order valence-corrected chi connectivity index (χ0v) is 11.5. The molecule has 0 amide bonds. The lowest BCUT2D eigenvalue weighted by atomic mass is 9.95. The van der Waals surface area contributed by atoms with Crippen molar-refractivity contribution in [3.8, 4) is 6.01 Å². The van der Waals surface area contributed by atoms with Gasteiger partial charge in [-0.05, 0) is 57.7 Å². The summed E-state index contributed by atoms with van der Waals surface area (Å²) in [6, 6.07) is 2.11. The summed E-state index contributed by atoms with van der Waals surface area (Å²) in [4.78, 5) is 8.23. The van der Waals surface area contributed by atoms with Crippen molar-refractivity contribution < 1.29 is 4.74 Å². The Balaban J connectivity index is 1.68. The normalized spacial score (nSPS) is 19.8. The third kappa shape index (κ3) is 4.42. The van der Waals surface area contributed by atoms with Gasteiger partial charge in [0.15, 0.2) is 0 Å². The molecule has 0 radical (unpaired) electrons. The van der Waals surface area contributed by atoms with Gasteiger partial charge in [-0.2, -0.15) is 4.98 Å². The first-order valence-corrected chi connectivity index (χ1v) is 6.96. The molecule has 0 spiro atoms. The zero-order chi connectivity index (χ0) is 12.8. The molecule has 18 heavy (non-hydrogen) atoms. The first-order chi connectivity index (χ1) is 8.74. The van der Waals surface area contributed by atoms with Gasteiger partial charge in [0.25, 0.3) is 0 Å². The lowest BCUT2D eigenvalue weighted by Crippen LogP contribution is -2.29. The van der Waals surface area contributed by atoms with Crippen LogP contribution >= 0.6 is 11.6 Å². The van der Waals surface area contributed by atoms with Crippen LogP contribution in [0.15, 0.2) is 6.07 Å². The van der Waals surface area contributed by atoms with E-state index in [1.54, 1.807) is 6.07 Å². The first kappa shape index (κ1) is 13.6. The summed E-state index contributed by atoms with van der Waals surface area (Å²) in [5, 5.41) is 3.86. The smallest absolute Gasteiger partial charge is 0.318 e. The van der Waals surface area contributed by atoms with Gasteiger partial charge in [0.1, 0.15) is 5.15 Å². The summed E-state index contributed by atoms with van der Waals surface area (Å²) in [6.07, 6.45) is 4.87. The Morgan fingerprint density at radius 3 is 3.11 bits per heavy atom. The zero-order valence-electron chi connectivity index (χ0n) is 10.8. The van der Waals surface area contributed by atoms with Crippen LogP contribution in [-0.2, 0) is 0 Å². The molecule has 2 rings (SSSR count). The maximum atomic E-state index is 5.85. The van der Waals surface area contributed by atoms with Crippen LogP contribution in [-0.4, -0.2) is 29.7 Å². The molecule has 1 aliphatic rings. The molecule has 100 valence electrons. The highest BCUT2D eigenvalue weighted by Crippen LogP contribution is 2.16. The van der Waals surface area contributed by atoms with Gasteiger partial charge in [0.05, 0.1) is 6.61 Å². The van der Waals surface area contributed by atoms with Crippen molar-refractivity contribution in [1.29, 1.82) is 0 Å². The van der Waals surface area contributed by atoms with E-state index in [0.717, 1.165) is 24.6 Å². The van der Waals surface area contributed by atoms with Gasteiger partial charge in [0, 0.05) is 5.69 Å². The van der Waals surface area contributed by atoms with Crippen LogP contribution in [0.2, 0.25) is 5.15 Å². The van der Waals surface area contributed by atoms with Gasteiger partial charge < -0.3 is 10.1 Å². The number of nitrogens with one attached hydrogen (secondary N) is 1. The number of piperidine rings is 1. The van der Waals surface area contributed by atoms with E-state index in [2.05, 4.69) is 15.3 Å². The van der Waals surface area contributed by atoms with Gasteiger partial charge in [0.2, 0.25) is 0 Å². The Morgan fingerprint density at radius 1 is 1.50 bits per heavy atom. The fourth-order valence-electron chi connectivity index (χ4n) is 2.27. The third-order valence-electron chi connectivity index (χ3n) is 3.19. The van der Waals surface area contributed by atoms with Crippen molar-refractivity contribution in [3.63, 3.8) is 0 Å². The largest absolute Gasteiger partial charge is 0.463 e. The molecule has 1 fully saturated rings. The highest BCUT2D eigenvalue weighted by molar-refractivity contribution is 6.29. The predicted octanol–water partition coefficient (Wildman–Crippen LogP) is 2.60. The highest BCUT2D eigenvalue weighted by atomic mass is 35.5. The minimum absolute atomic E-state index is 0.391. The number of hydrogen-bond donors (Lipinski definition) is 1. The fourth-order valence-corrected chi connectivity index (χ4v) is 2.50. The second kappa shape index (κ2) is 6.90. The van der Waals surface area contributed by atoms with Crippen molar-refractivity contribution in [2.24, 2.45) is 5.92 Å². The number of aromatic nitrogens is 2. The van der Waals surface area contributed by atoms with Gasteiger partial charge in [-0.3, -0.25) is 0 Å². The highest BCUT2D eigenvalue weighted by Gasteiger charge is 2.12. The average molecular weight is 270 g/mol. The van der Waals surface area contributed by atoms with Gasteiger partial charge >= 0.3 is 6.01 Å². The summed E-state index contributed by atoms with van der Waals surface area (Å²) in [5.74, 6) is 0.796. The van der Waals surface area contributed by atoms with Gasteiger partial charge in [-0.1, -0.05) is 11.6 Å². The maximum Gasteiger partial charge on any atom is 0.318 e. The van der Waals surface area contributed by atoms with Crippen molar-refractivity contribution in [1.82, 2.24) is 15.3 Å². The standard InChI is InChI=1S/C13H20ClN3O/c1-10-8-12(14)17-13(16-10)18-7-3-5-11-4-2-6-15-9-11/h8,11,15H,2-7,9H2,1H3/t11-/m0/s1. The van der Waals surface area contributed by atoms with Crippen LogP contribution < -0.4 is 10.1 Å². The molecule has 0 aliphatic carbocycles. The SMILES string of the molecule is Cc1cc(Cl)nc(OCCC[C@@H]2CCCNC2)n1. The van der Waals surface area contributed by atoms with E-state index in [1.807, 2.05) is 6.92 Å². The van der Waals surface area contributed by atoms with Crippen molar-refractivity contribution in [2.45, 2.75) is 32.6 Å². The molecule has 4 nitrogen and oxygen atoms in total. The third-order valence-corrected chi connectivity index (χ3v) is 3.38. The summed E-state index contributed by atoms with van der Waals surface area (Å²) in [5.41, 5.74) is 0.835. The fraction of sp³-hybridized carbons (Fsp3) is 0.692. The lowest BCUT2D eigenvalue weighted by molar-refractivity contribution is 0.259. The number of rotatable bonds is 5. The molecule has 0 unspecified atom stereocenters. The Hall–Kier alpha value is -0.870. The Bertz CT molecular complexity index is 360. The van der Waals surface area contributed by atoms with Gasteiger partial charge in [-0.15, -0.1) is 0 Å². The summed E-state index contributed by atoms with van der Waals surface area (Å²) < 4.78 is 5.53. The number of aryl methyl sites for hydroxylation is 1. The lowest BCUT2D eigenvalue weighted by Gasteiger charge is -2.22. The minimum Gasteiger partial charge on any atom is -0.463 e. The summed E-state index contributed by atoms with van der Waals surface area (Å²) in [7, 11) is 0. The molecule has 0 saturated carbocycles. The van der Waals surface area contributed by atoms with Crippen molar-refractivity contribution in [2.75, 3.05) is 19.7 Å². The van der Waals surface area contributed by atoms with E-state index < -0.39 is 0 Å². The summed E-state index contributed by atoms with van der Waals surface area (Å²) in [6.45, 7) is 4.86. The molecule has 5 heteroatoms. The molecule has 1 aromatic rings. The van der Waals surface area contributed by atoms with Crippen molar-refractivity contribution >= 4 is 11.6 Å². The van der Waals surface area contributed by atoms with Crippen LogP contribution in [0.5, 0.6) is 6.01 Å². The van der Waals surface area contributed by atoms with Gasteiger partial charge in [-0.25, -0.2) is 4.98 Å². The molecular formula is C13H20ClN3O. The van der Waals surface area contributed by atoms with Crippen LogP contribution in [0.25, 0.3) is 0 Å². The quantitative estimate of drug-likeness (QED) is 0.659. The van der Waals surface area contributed by atoms with E-state index in [1.165, 1.54) is 25.8 Å². The van der Waals surface area contributed by atoms with E-state index in [-0.39, 0.29) is 0 Å². The van der Waals surface area contributed by atoms with E-state index >= 15 is 0 Å². The maximum absolute atomic E-state index is 5.85. The molecule has 0 bridgehead atoms. The van der Waals surface area contributed by atoms with E-state index in [0.29, 0.717) is 17.8 Å². The molecule has 1 aliphatic heterocycles. The molecule has 1 saturated heterocycles. The molecule has 1 N–H and O–H groups in total. The van der Waals surface area contributed by atoms with Crippen LogP contribution in [0.4, 0.5) is 0 Å². The first-order valence-electron chi connectivity index (χ1n) is 6.59. The molecule has 1 aromatic heterocycles. The Kier molecular flexibility index (Phi) is 5.20. The Morgan fingerprint density at radius 2 is 2.39 bits per heavy atom. The van der Waals surface area contributed by atoms with E-state index in [4.69, 9.17) is 16.3 Å². The molecular weight excluding hydrogens is 250 g/mol. The number of hydrogen-bond acceptors (Lipinski definition) is 4. The number of ether oxygens (including phenoxy) is 1. The topological polar surface area (TPSA) is 47.0 Å². The average Bonchev–Trinajstić information content (AvgIpc) is 2.35. The summed E-state index contributed by atoms with van der Waals surface area (Å²) >= 11 is 5.85. The van der Waals surface area contributed by atoms with Crippen LogP contribution in [0.3, 0.4) is 0 Å². The molecule has 0 aromatic carbocycles.